The van der Waals surface area contributed by atoms with Crippen LogP contribution >= 0.6 is 0 Å². The lowest BCUT2D eigenvalue weighted by atomic mass is 9.88. The summed E-state index contributed by atoms with van der Waals surface area (Å²) in [5.41, 5.74) is 1.44. The van der Waals surface area contributed by atoms with E-state index < -0.39 is 0 Å². The Bertz CT molecular complexity index is 620. The SMILES string of the molecule is CCOc1ccc(CN(C)C(=NC)NCC2(N3CCCC3)CCOCC2)cc1. The van der Waals surface area contributed by atoms with Gasteiger partial charge in [-0.1, -0.05) is 12.1 Å². The van der Waals surface area contributed by atoms with Gasteiger partial charge in [-0.05, 0) is 63.4 Å². The van der Waals surface area contributed by atoms with Crippen molar-refractivity contribution < 1.29 is 9.47 Å². The van der Waals surface area contributed by atoms with E-state index in [2.05, 4.69) is 39.3 Å². The summed E-state index contributed by atoms with van der Waals surface area (Å²) < 4.78 is 11.2. The number of guanidine groups is 1. The van der Waals surface area contributed by atoms with Gasteiger partial charge in [0.05, 0.1) is 6.61 Å². The van der Waals surface area contributed by atoms with Crippen LogP contribution in [0.3, 0.4) is 0 Å². The standard InChI is InChI=1S/C22H36N4O2/c1-4-28-20-9-7-19(8-10-20)17-25(3)21(23-2)24-18-22(11-15-27-16-12-22)26-13-5-6-14-26/h7-10H,4-6,11-18H2,1-3H3,(H,23,24). The molecule has 2 aliphatic rings. The third kappa shape index (κ3) is 5.17. The number of nitrogens with one attached hydrogen (secondary N) is 1. The van der Waals surface area contributed by atoms with Crippen molar-refractivity contribution in [3.8, 4) is 5.75 Å². The largest absolute Gasteiger partial charge is 0.494 e. The van der Waals surface area contributed by atoms with Crippen molar-refractivity contribution in [3.05, 3.63) is 29.8 Å². The average molecular weight is 389 g/mol. The molecule has 0 bridgehead atoms. The first-order valence-electron chi connectivity index (χ1n) is 10.6. The first-order valence-corrected chi connectivity index (χ1v) is 10.6. The Kier molecular flexibility index (Phi) is 7.57. The highest BCUT2D eigenvalue weighted by atomic mass is 16.5. The molecular weight excluding hydrogens is 352 g/mol. The second kappa shape index (κ2) is 10.1. The third-order valence-electron chi connectivity index (χ3n) is 6.00. The van der Waals surface area contributed by atoms with Gasteiger partial charge in [-0.2, -0.15) is 0 Å². The Balaban J connectivity index is 1.59. The zero-order valence-electron chi connectivity index (χ0n) is 17.7. The number of aliphatic imine (C=N–C) groups is 1. The van der Waals surface area contributed by atoms with E-state index in [0.29, 0.717) is 6.61 Å². The van der Waals surface area contributed by atoms with Crippen LogP contribution < -0.4 is 10.1 Å². The number of benzene rings is 1. The van der Waals surface area contributed by atoms with Crippen LogP contribution in [-0.4, -0.2) is 74.8 Å². The Morgan fingerprint density at radius 1 is 1.21 bits per heavy atom. The Hall–Kier alpha value is -1.79. The highest BCUT2D eigenvalue weighted by Gasteiger charge is 2.39. The molecule has 156 valence electrons. The fraction of sp³-hybridized carbons (Fsp3) is 0.682. The van der Waals surface area contributed by atoms with Crippen LogP contribution in [0, 0.1) is 0 Å². The van der Waals surface area contributed by atoms with Crippen molar-refractivity contribution in [2.45, 2.75) is 44.7 Å². The lowest BCUT2D eigenvalue weighted by Gasteiger charge is -2.45. The Morgan fingerprint density at radius 3 is 2.50 bits per heavy atom. The van der Waals surface area contributed by atoms with E-state index in [9.17, 15) is 0 Å². The molecule has 0 aliphatic carbocycles. The van der Waals surface area contributed by atoms with Gasteiger partial charge in [0.25, 0.3) is 0 Å². The van der Waals surface area contributed by atoms with Gasteiger partial charge in [-0.25, -0.2) is 0 Å². The van der Waals surface area contributed by atoms with Crippen LogP contribution in [0.4, 0.5) is 0 Å². The quantitative estimate of drug-likeness (QED) is 0.575. The van der Waals surface area contributed by atoms with Crippen molar-refractivity contribution in [2.24, 2.45) is 4.99 Å². The van der Waals surface area contributed by atoms with E-state index in [-0.39, 0.29) is 5.54 Å². The number of ether oxygens (including phenoxy) is 2. The second-order valence-corrected chi connectivity index (χ2v) is 7.86. The molecule has 2 heterocycles. The van der Waals surface area contributed by atoms with Crippen LogP contribution in [0.5, 0.6) is 5.75 Å². The molecule has 2 saturated heterocycles. The molecule has 1 aromatic carbocycles. The van der Waals surface area contributed by atoms with Gasteiger partial charge in [0.1, 0.15) is 5.75 Å². The van der Waals surface area contributed by atoms with Gasteiger partial charge in [0.15, 0.2) is 5.96 Å². The van der Waals surface area contributed by atoms with Crippen molar-refractivity contribution >= 4 is 5.96 Å². The van der Waals surface area contributed by atoms with E-state index in [1.54, 1.807) is 0 Å². The molecule has 0 radical (unpaired) electrons. The topological polar surface area (TPSA) is 49.3 Å². The lowest BCUT2D eigenvalue weighted by molar-refractivity contribution is -0.0166. The van der Waals surface area contributed by atoms with Crippen LogP contribution in [0.1, 0.15) is 38.2 Å². The lowest BCUT2D eigenvalue weighted by Crippen LogP contribution is -2.58. The summed E-state index contributed by atoms with van der Waals surface area (Å²) >= 11 is 0. The van der Waals surface area contributed by atoms with Crippen LogP contribution in [0.25, 0.3) is 0 Å². The summed E-state index contributed by atoms with van der Waals surface area (Å²) in [4.78, 5) is 9.40. The van der Waals surface area contributed by atoms with Crippen molar-refractivity contribution in [2.75, 3.05) is 53.6 Å². The molecule has 0 aromatic heterocycles. The van der Waals surface area contributed by atoms with E-state index >= 15 is 0 Å². The minimum Gasteiger partial charge on any atom is -0.494 e. The van der Waals surface area contributed by atoms with Gasteiger partial charge < -0.3 is 19.7 Å². The van der Waals surface area contributed by atoms with Crippen molar-refractivity contribution in [3.63, 3.8) is 0 Å². The van der Waals surface area contributed by atoms with Gasteiger partial charge in [-0.15, -0.1) is 0 Å². The number of hydrogen-bond acceptors (Lipinski definition) is 4. The van der Waals surface area contributed by atoms with E-state index in [4.69, 9.17) is 9.47 Å². The summed E-state index contributed by atoms with van der Waals surface area (Å²) in [7, 11) is 3.96. The molecular formula is C22H36N4O2. The maximum absolute atomic E-state index is 5.67. The molecule has 0 saturated carbocycles. The van der Waals surface area contributed by atoms with E-state index in [1.165, 1.54) is 31.5 Å². The third-order valence-corrected chi connectivity index (χ3v) is 6.00. The molecule has 0 unspecified atom stereocenters. The number of hydrogen-bond donors (Lipinski definition) is 1. The zero-order valence-corrected chi connectivity index (χ0v) is 17.7. The van der Waals surface area contributed by atoms with Crippen molar-refractivity contribution in [1.82, 2.24) is 15.1 Å². The predicted octanol–water partition coefficient (Wildman–Crippen LogP) is 2.74. The van der Waals surface area contributed by atoms with E-state index in [0.717, 1.165) is 50.9 Å². The van der Waals surface area contributed by atoms with Gasteiger partial charge in [0.2, 0.25) is 0 Å². The Morgan fingerprint density at radius 2 is 1.89 bits per heavy atom. The normalized spacial score (nSPS) is 20.2. The smallest absolute Gasteiger partial charge is 0.193 e. The molecule has 28 heavy (non-hydrogen) atoms. The minimum atomic E-state index is 0.199. The maximum atomic E-state index is 5.67. The number of rotatable bonds is 7. The summed E-state index contributed by atoms with van der Waals surface area (Å²) in [6.45, 7) is 8.58. The van der Waals surface area contributed by atoms with Gasteiger partial charge in [-0.3, -0.25) is 9.89 Å². The summed E-state index contributed by atoms with van der Waals surface area (Å²) in [6, 6.07) is 8.32. The maximum Gasteiger partial charge on any atom is 0.193 e. The van der Waals surface area contributed by atoms with E-state index in [1.807, 2.05) is 26.1 Å². The molecule has 0 amide bonds. The fourth-order valence-corrected chi connectivity index (χ4v) is 4.38. The molecule has 2 aliphatic heterocycles. The number of likely N-dealkylation sites (tertiary alicyclic amines) is 1. The summed E-state index contributed by atoms with van der Waals surface area (Å²) in [5.74, 6) is 1.86. The van der Waals surface area contributed by atoms with Crippen LogP contribution in [-0.2, 0) is 11.3 Å². The molecule has 1 aromatic rings. The minimum absolute atomic E-state index is 0.199. The first kappa shape index (κ1) is 20.9. The molecule has 3 rings (SSSR count). The first-order chi connectivity index (χ1) is 13.7. The average Bonchev–Trinajstić information content (AvgIpc) is 3.26. The van der Waals surface area contributed by atoms with Crippen molar-refractivity contribution in [1.29, 1.82) is 0 Å². The van der Waals surface area contributed by atoms with Gasteiger partial charge in [0, 0.05) is 45.9 Å². The highest BCUT2D eigenvalue weighted by molar-refractivity contribution is 5.79. The molecule has 2 fully saturated rings. The predicted molar refractivity (Wildman–Crippen MR) is 114 cm³/mol. The highest BCUT2D eigenvalue weighted by Crippen LogP contribution is 2.30. The van der Waals surface area contributed by atoms with Crippen LogP contribution in [0.2, 0.25) is 0 Å². The van der Waals surface area contributed by atoms with Gasteiger partial charge >= 0.3 is 0 Å². The fourth-order valence-electron chi connectivity index (χ4n) is 4.38. The molecule has 6 nitrogen and oxygen atoms in total. The van der Waals surface area contributed by atoms with Crippen LogP contribution in [0.15, 0.2) is 29.3 Å². The molecule has 6 heteroatoms. The molecule has 1 N–H and O–H groups in total. The summed E-state index contributed by atoms with van der Waals surface area (Å²) in [6.07, 6.45) is 4.82. The summed E-state index contributed by atoms with van der Waals surface area (Å²) in [5, 5.41) is 3.66. The second-order valence-electron chi connectivity index (χ2n) is 7.86. The number of nitrogens with zero attached hydrogens (tertiary/aromatic N) is 3. The molecule has 0 spiro atoms. The Labute approximate surface area is 169 Å². The zero-order chi connectivity index (χ0) is 19.8. The monoisotopic (exact) mass is 388 g/mol. The molecule has 0 atom stereocenters.